The topological polar surface area (TPSA) is 122 Å². The van der Waals surface area contributed by atoms with Crippen LogP contribution in [0.25, 0.3) is 22.1 Å². The number of aromatic amines is 1. The summed E-state index contributed by atoms with van der Waals surface area (Å²) in [4.78, 5) is 22.2. The maximum absolute atomic E-state index is 10.6. The predicted octanol–water partition coefficient (Wildman–Crippen LogP) is 3.91. The molecule has 0 aliphatic carbocycles. The molecule has 12 heteroatoms. The zero-order valence-corrected chi connectivity index (χ0v) is 17.1. The number of carboxylic acids is 1. The zero-order chi connectivity index (χ0) is 23.0. The second kappa shape index (κ2) is 7.85. The number of nitrogens with one attached hydrogen (secondary N) is 2. The zero-order valence-electron chi connectivity index (χ0n) is 17.1. The molecule has 0 saturated heterocycles. The highest BCUT2D eigenvalue weighted by Gasteiger charge is 2.38. The molecular formula is C19H20F3N7O2. The number of aliphatic carboxylic acids is 1. The molecule has 0 fully saturated rings. The number of anilines is 2. The van der Waals surface area contributed by atoms with Gasteiger partial charge in [0.15, 0.2) is 5.65 Å². The summed E-state index contributed by atoms with van der Waals surface area (Å²) < 4.78 is 33.9. The summed E-state index contributed by atoms with van der Waals surface area (Å²) in [5, 5.41) is 18.2. The van der Waals surface area contributed by atoms with E-state index in [4.69, 9.17) is 14.9 Å². The lowest BCUT2D eigenvalue weighted by atomic mass is 9.96. The van der Waals surface area contributed by atoms with E-state index in [9.17, 15) is 13.2 Å². The van der Waals surface area contributed by atoms with Gasteiger partial charge >= 0.3 is 12.1 Å². The van der Waals surface area contributed by atoms with E-state index in [0.717, 1.165) is 33.7 Å². The fraction of sp³-hybridized carbons (Fsp3) is 0.316. The summed E-state index contributed by atoms with van der Waals surface area (Å²) in [5.41, 5.74) is 3.71. The average Bonchev–Trinajstić information content (AvgIpc) is 3.26. The summed E-state index contributed by atoms with van der Waals surface area (Å²) in [6, 6.07) is 6.15. The van der Waals surface area contributed by atoms with Gasteiger partial charge in [0.25, 0.3) is 0 Å². The largest absolute Gasteiger partial charge is 0.490 e. The van der Waals surface area contributed by atoms with E-state index in [1.165, 1.54) is 6.33 Å². The number of hydrogen-bond donors (Lipinski definition) is 3. The second-order valence-electron chi connectivity index (χ2n) is 7.73. The number of carboxylic acid groups (broad SMARTS) is 1. The molecule has 0 spiro atoms. The van der Waals surface area contributed by atoms with Crippen LogP contribution < -0.4 is 5.32 Å². The van der Waals surface area contributed by atoms with Crippen LogP contribution in [-0.2, 0) is 17.3 Å². The number of hydrogen-bond acceptors (Lipinski definition) is 6. The Labute approximate surface area is 174 Å². The summed E-state index contributed by atoms with van der Waals surface area (Å²) in [5.74, 6) is -0.971. The molecule has 164 valence electrons. The van der Waals surface area contributed by atoms with Crippen molar-refractivity contribution in [3.8, 4) is 0 Å². The van der Waals surface area contributed by atoms with E-state index >= 15 is 0 Å². The lowest BCUT2D eigenvalue weighted by molar-refractivity contribution is -0.192. The Balaban J connectivity index is 0.000000339. The van der Waals surface area contributed by atoms with Gasteiger partial charge in [0, 0.05) is 18.2 Å². The van der Waals surface area contributed by atoms with Crippen molar-refractivity contribution < 1.29 is 23.1 Å². The van der Waals surface area contributed by atoms with Crippen molar-refractivity contribution in [1.29, 1.82) is 0 Å². The van der Waals surface area contributed by atoms with Crippen LogP contribution >= 0.6 is 0 Å². The minimum Gasteiger partial charge on any atom is -0.475 e. The highest BCUT2D eigenvalue weighted by molar-refractivity contribution is 5.89. The van der Waals surface area contributed by atoms with Crippen molar-refractivity contribution in [1.82, 2.24) is 29.7 Å². The normalized spacial score (nSPS) is 12.0. The van der Waals surface area contributed by atoms with Gasteiger partial charge in [-0.15, -0.1) is 0 Å². The van der Waals surface area contributed by atoms with Crippen LogP contribution in [0.4, 0.5) is 24.7 Å². The van der Waals surface area contributed by atoms with Gasteiger partial charge in [-0.2, -0.15) is 18.3 Å². The van der Waals surface area contributed by atoms with Gasteiger partial charge in [0.05, 0.1) is 22.6 Å². The van der Waals surface area contributed by atoms with Crippen molar-refractivity contribution >= 4 is 39.5 Å². The third kappa shape index (κ3) is 4.73. The molecule has 0 unspecified atom stereocenters. The summed E-state index contributed by atoms with van der Waals surface area (Å²) in [6.45, 7) is 6.51. The molecule has 3 heterocycles. The van der Waals surface area contributed by atoms with Gasteiger partial charge in [0.2, 0.25) is 0 Å². The maximum Gasteiger partial charge on any atom is 0.490 e. The van der Waals surface area contributed by atoms with E-state index in [-0.39, 0.29) is 5.41 Å². The van der Waals surface area contributed by atoms with E-state index in [0.29, 0.717) is 5.65 Å². The van der Waals surface area contributed by atoms with Crippen LogP contribution in [0.5, 0.6) is 0 Å². The van der Waals surface area contributed by atoms with Gasteiger partial charge in [0.1, 0.15) is 18.0 Å². The number of aromatic nitrogens is 6. The third-order valence-electron chi connectivity index (χ3n) is 4.30. The van der Waals surface area contributed by atoms with Crippen molar-refractivity contribution in [2.45, 2.75) is 32.4 Å². The second-order valence-corrected chi connectivity index (χ2v) is 7.73. The first-order valence-electron chi connectivity index (χ1n) is 9.06. The van der Waals surface area contributed by atoms with Crippen molar-refractivity contribution in [2.75, 3.05) is 5.32 Å². The first kappa shape index (κ1) is 22.0. The Kier molecular flexibility index (Phi) is 5.57. The van der Waals surface area contributed by atoms with E-state index < -0.39 is 12.1 Å². The molecule has 3 N–H and O–H groups in total. The Hall–Kier alpha value is -3.70. The molecule has 31 heavy (non-hydrogen) atoms. The predicted molar refractivity (Wildman–Crippen MR) is 108 cm³/mol. The molecule has 0 saturated carbocycles. The first-order chi connectivity index (χ1) is 14.4. The maximum atomic E-state index is 10.6. The molecule has 0 bridgehead atoms. The lowest BCUT2D eigenvalue weighted by Gasteiger charge is -2.17. The minimum atomic E-state index is -5.08. The van der Waals surface area contributed by atoms with Gasteiger partial charge in [-0.1, -0.05) is 20.8 Å². The molecule has 0 radical (unpaired) electrons. The molecule has 3 aromatic heterocycles. The summed E-state index contributed by atoms with van der Waals surface area (Å²) in [7, 11) is 2.06. The smallest absolute Gasteiger partial charge is 0.475 e. The van der Waals surface area contributed by atoms with Crippen molar-refractivity contribution in [3.05, 3.63) is 36.5 Å². The van der Waals surface area contributed by atoms with Crippen LogP contribution in [0.3, 0.4) is 0 Å². The molecule has 1 aromatic carbocycles. The quantitative estimate of drug-likeness (QED) is 0.436. The fourth-order valence-corrected chi connectivity index (χ4v) is 2.95. The number of nitrogens with zero attached hydrogens (tertiary/aromatic N) is 5. The number of benzene rings is 1. The number of H-pyrrole nitrogens is 1. The molecule has 4 aromatic rings. The Morgan fingerprint density at radius 2 is 1.87 bits per heavy atom. The number of fused-ring (bicyclic) bond motifs is 2. The van der Waals surface area contributed by atoms with Gasteiger partial charge in [-0.3, -0.25) is 5.10 Å². The third-order valence-corrected chi connectivity index (χ3v) is 4.30. The molecular weight excluding hydrogens is 415 g/mol. The highest BCUT2D eigenvalue weighted by atomic mass is 19.4. The number of carbonyl (C=O) groups is 1. The standard InChI is InChI=1S/C17H19N7.C2HF3O2/c1-17(2,3)16-22-12-7-10(5-6-13(12)24(16)4)21-14-11-8-20-23-15(11)19-9-18-14;3-2(4,5)1(6)7/h5-9H,1-4H3,(H2,18,19,20,21,23);(H,6,7). The molecule has 9 nitrogen and oxygen atoms in total. The van der Waals surface area contributed by atoms with Gasteiger partial charge < -0.3 is 15.0 Å². The molecule has 4 rings (SSSR count). The number of alkyl halides is 3. The van der Waals surface area contributed by atoms with E-state index in [2.05, 4.69) is 63.9 Å². The van der Waals surface area contributed by atoms with E-state index in [1.807, 2.05) is 12.1 Å². The van der Waals surface area contributed by atoms with Crippen LogP contribution in [0.1, 0.15) is 26.6 Å². The van der Waals surface area contributed by atoms with Crippen molar-refractivity contribution in [2.24, 2.45) is 7.05 Å². The summed E-state index contributed by atoms with van der Waals surface area (Å²) in [6.07, 6.45) is -1.85. The Morgan fingerprint density at radius 1 is 1.19 bits per heavy atom. The summed E-state index contributed by atoms with van der Waals surface area (Å²) >= 11 is 0. The SMILES string of the molecule is Cn1c(C(C)(C)C)nc2cc(Nc3ncnc4[nH]ncc34)ccc21.O=C(O)C(F)(F)F. The molecule has 0 atom stereocenters. The van der Waals surface area contributed by atoms with Crippen LogP contribution in [0.2, 0.25) is 0 Å². The number of halogens is 3. The van der Waals surface area contributed by atoms with Crippen molar-refractivity contribution in [3.63, 3.8) is 0 Å². The monoisotopic (exact) mass is 435 g/mol. The van der Waals surface area contributed by atoms with Crippen LogP contribution in [0, 0.1) is 0 Å². The van der Waals surface area contributed by atoms with Gasteiger partial charge in [-0.25, -0.2) is 19.7 Å². The molecule has 0 aliphatic rings. The average molecular weight is 435 g/mol. The first-order valence-corrected chi connectivity index (χ1v) is 9.06. The Bertz CT molecular complexity index is 1240. The number of imidazole rings is 1. The minimum absolute atomic E-state index is 0.00300. The van der Waals surface area contributed by atoms with Crippen LogP contribution in [0.15, 0.2) is 30.7 Å². The highest BCUT2D eigenvalue weighted by Crippen LogP contribution is 2.28. The lowest BCUT2D eigenvalue weighted by Crippen LogP contribution is -2.21. The molecule has 0 amide bonds. The Morgan fingerprint density at radius 3 is 2.48 bits per heavy atom. The van der Waals surface area contributed by atoms with E-state index in [1.54, 1.807) is 6.20 Å². The van der Waals surface area contributed by atoms with Gasteiger partial charge in [-0.05, 0) is 18.2 Å². The number of aryl methyl sites for hydroxylation is 1. The van der Waals surface area contributed by atoms with Crippen LogP contribution in [-0.4, -0.2) is 47.0 Å². The number of rotatable bonds is 2. The fourth-order valence-electron chi connectivity index (χ4n) is 2.95. The molecule has 0 aliphatic heterocycles.